The minimum absolute atomic E-state index is 0.111. The third-order valence-corrected chi connectivity index (χ3v) is 1.96. The van der Waals surface area contributed by atoms with Crippen LogP contribution in [0.1, 0.15) is 11.1 Å². The fourth-order valence-corrected chi connectivity index (χ4v) is 1.09. The van der Waals surface area contributed by atoms with E-state index in [1.165, 1.54) is 0 Å². The zero-order valence-corrected chi connectivity index (χ0v) is 9.13. The van der Waals surface area contributed by atoms with Gasteiger partial charge in [0.15, 0.2) is 0 Å². The van der Waals surface area contributed by atoms with Gasteiger partial charge < -0.3 is 9.84 Å². The van der Waals surface area contributed by atoms with E-state index in [0.717, 1.165) is 23.3 Å². The quantitative estimate of drug-likeness (QED) is 0.623. The zero-order valence-electron chi connectivity index (χ0n) is 9.13. The van der Waals surface area contributed by atoms with Crippen molar-refractivity contribution in [1.82, 2.24) is 0 Å². The fourth-order valence-electron chi connectivity index (χ4n) is 1.09. The Bertz CT molecular complexity index is 443. The van der Waals surface area contributed by atoms with Crippen molar-refractivity contribution < 1.29 is 19.4 Å². The van der Waals surface area contributed by atoms with Gasteiger partial charge in [-0.25, -0.2) is 9.59 Å². The van der Waals surface area contributed by atoms with Crippen molar-refractivity contribution in [3.05, 3.63) is 54.1 Å². The highest BCUT2D eigenvalue weighted by atomic mass is 16.5. The molecule has 0 heterocycles. The average Bonchev–Trinajstić information content (AvgIpc) is 2.34. The van der Waals surface area contributed by atoms with Crippen LogP contribution in [-0.4, -0.2) is 17.0 Å². The molecule has 0 fully saturated rings. The number of carbonyl (C=O) groups excluding carboxylic acids is 1. The van der Waals surface area contributed by atoms with Crippen molar-refractivity contribution in [3.8, 4) is 0 Å². The van der Waals surface area contributed by atoms with Crippen molar-refractivity contribution >= 4 is 18.0 Å². The molecule has 0 saturated carbocycles. The molecule has 4 heteroatoms. The van der Waals surface area contributed by atoms with Crippen LogP contribution in [0.5, 0.6) is 0 Å². The van der Waals surface area contributed by atoms with Crippen LogP contribution in [-0.2, 0) is 20.9 Å². The Morgan fingerprint density at radius 2 is 1.88 bits per heavy atom. The Morgan fingerprint density at radius 1 is 1.24 bits per heavy atom. The normalized spacial score (nSPS) is 10.1. The molecule has 0 amide bonds. The van der Waals surface area contributed by atoms with Gasteiger partial charge in [0, 0.05) is 12.2 Å². The maximum Gasteiger partial charge on any atom is 0.331 e. The molecule has 1 rings (SSSR count). The Balaban J connectivity index is 2.47. The van der Waals surface area contributed by atoms with Crippen molar-refractivity contribution in [1.29, 1.82) is 0 Å². The number of carboxylic acid groups (broad SMARTS) is 1. The Kier molecular flexibility index (Phi) is 4.69. The topological polar surface area (TPSA) is 63.6 Å². The van der Waals surface area contributed by atoms with E-state index < -0.39 is 11.9 Å². The molecule has 0 radical (unpaired) electrons. The summed E-state index contributed by atoms with van der Waals surface area (Å²) >= 11 is 0. The van der Waals surface area contributed by atoms with E-state index in [0.29, 0.717) is 0 Å². The van der Waals surface area contributed by atoms with Crippen molar-refractivity contribution in [2.45, 2.75) is 6.61 Å². The van der Waals surface area contributed by atoms with Gasteiger partial charge in [0.1, 0.15) is 6.61 Å². The monoisotopic (exact) mass is 232 g/mol. The lowest BCUT2D eigenvalue weighted by molar-refractivity contribution is -0.139. The Morgan fingerprint density at radius 3 is 2.41 bits per heavy atom. The van der Waals surface area contributed by atoms with Gasteiger partial charge in [-0.1, -0.05) is 36.9 Å². The largest absolute Gasteiger partial charge is 0.478 e. The number of carboxylic acids is 1. The third-order valence-electron chi connectivity index (χ3n) is 1.96. The molecule has 1 N–H and O–H groups in total. The fraction of sp³-hybridized carbons (Fsp3) is 0.0769. The lowest BCUT2D eigenvalue weighted by Gasteiger charge is -2.02. The van der Waals surface area contributed by atoms with E-state index in [2.05, 4.69) is 6.58 Å². The molecular weight excluding hydrogens is 220 g/mol. The second-order valence-electron chi connectivity index (χ2n) is 3.22. The highest BCUT2D eigenvalue weighted by molar-refractivity contribution is 5.90. The van der Waals surface area contributed by atoms with Crippen LogP contribution in [0.15, 0.2) is 43.0 Å². The van der Waals surface area contributed by atoms with Crippen LogP contribution in [0.3, 0.4) is 0 Å². The molecule has 88 valence electrons. The molecule has 0 aromatic heterocycles. The number of benzene rings is 1. The highest BCUT2D eigenvalue weighted by Gasteiger charge is 1.99. The van der Waals surface area contributed by atoms with Crippen LogP contribution >= 0.6 is 0 Å². The van der Waals surface area contributed by atoms with Crippen molar-refractivity contribution in [3.63, 3.8) is 0 Å². The molecular formula is C13H12O4. The van der Waals surface area contributed by atoms with Crippen molar-refractivity contribution in [2.24, 2.45) is 0 Å². The first kappa shape index (κ1) is 12.7. The molecule has 0 aliphatic carbocycles. The molecule has 0 spiro atoms. The summed E-state index contributed by atoms with van der Waals surface area (Å²) < 4.78 is 4.84. The predicted molar refractivity (Wildman–Crippen MR) is 63.1 cm³/mol. The lowest BCUT2D eigenvalue weighted by Crippen LogP contribution is -2.02. The van der Waals surface area contributed by atoms with Gasteiger partial charge >= 0.3 is 11.9 Å². The molecule has 0 unspecified atom stereocenters. The van der Waals surface area contributed by atoms with Gasteiger partial charge in [0.2, 0.25) is 0 Å². The van der Waals surface area contributed by atoms with Crippen LogP contribution in [0.2, 0.25) is 0 Å². The number of esters is 1. The van der Waals surface area contributed by atoms with Gasteiger partial charge in [-0.2, -0.15) is 0 Å². The lowest BCUT2D eigenvalue weighted by atomic mass is 10.1. The molecule has 1 aromatic carbocycles. The number of aliphatic carboxylic acids is 1. The van der Waals surface area contributed by atoms with Gasteiger partial charge in [0.05, 0.1) is 0 Å². The molecule has 4 nitrogen and oxygen atoms in total. The maximum atomic E-state index is 11.1. The summed E-state index contributed by atoms with van der Waals surface area (Å²) in [6, 6.07) is 7.32. The zero-order chi connectivity index (χ0) is 12.7. The molecule has 1 aromatic rings. The summed E-state index contributed by atoms with van der Waals surface area (Å²) in [4.78, 5) is 21.2. The van der Waals surface area contributed by atoms with Gasteiger partial charge in [-0.15, -0.1) is 0 Å². The third kappa shape index (κ3) is 4.79. The standard InChI is InChI=1S/C13H12O4/c1-2-10-3-5-11(6-4-10)9-17-13(16)8-7-12(14)15/h2-8H,1,9H2,(H,14,15)/b8-7-. The summed E-state index contributed by atoms with van der Waals surface area (Å²) in [6.45, 7) is 3.74. The first-order chi connectivity index (χ1) is 8.11. The average molecular weight is 232 g/mol. The van der Waals surface area contributed by atoms with E-state index >= 15 is 0 Å². The van der Waals surface area contributed by atoms with Crippen LogP contribution in [0.25, 0.3) is 6.08 Å². The Labute approximate surface area is 98.8 Å². The van der Waals surface area contributed by atoms with Gasteiger partial charge in [-0.05, 0) is 11.1 Å². The van der Waals surface area contributed by atoms with Gasteiger partial charge in [-0.3, -0.25) is 0 Å². The number of carbonyl (C=O) groups is 2. The number of ether oxygens (including phenoxy) is 1. The second kappa shape index (κ2) is 6.27. The summed E-state index contributed by atoms with van der Waals surface area (Å²) in [5.74, 6) is -1.86. The van der Waals surface area contributed by atoms with E-state index in [9.17, 15) is 9.59 Å². The van der Waals surface area contributed by atoms with Crippen molar-refractivity contribution in [2.75, 3.05) is 0 Å². The molecule has 0 aliphatic rings. The van der Waals surface area contributed by atoms with Crippen LogP contribution in [0.4, 0.5) is 0 Å². The van der Waals surface area contributed by atoms with Crippen LogP contribution in [0, 0.1) is 0 Å². The summed E-state index contributed by atoms with van der Waals surface area (Å²) in [5, 5.41) is 8.30. The molecule has 17 heavy (non-hydrogen) atoms. The smallest absolute Gasteiger partial charge is 0.331 e. The summed E-state index contributed by atoms with van der Waals surface area (Å²) in [7, 11) is 0. The number of hydrogen-bond donors (Lipinski definition) is 1. The van der Waals surface area contributed by atoms with E-state index in [1.807, 2.05) is 24.3 Å². The minimum Gasteiger partial charge on any atom is -0.478 e. The van der Waals surface area contributed by atoms with Gasteiger partial charge in [0.25, 0.3) is 0 Å². The number of rotatable bonds is 5. The molecule has 0 bridgehead atoms. The summed E-state index contributed by atoms with van der Waals surface area (Å²) in [6.07, 6.45) is 3.33. The minimum atomic E-state index is -1.18. The molecule has 0 atom stereocenters. The first-order valence-electron chi connectivity index (χ1n) is 4.91. The second-order valence-corrected chi connectivity index (χ2v) is 3.22. The SMILES string of the molecule is C=Cc1ccc(COC(=O)/C=C\C(=O)O)cc1. The maximum absolute atomic E-state index is 11.1. The van der Waals surface area contributed by atoms with E-state index in [-0.39, 0.29) is 6.61 Å². The molecule has 0 aliphatic heterocycles. The summed E-state index contributed by atoms with van der Waals surface area (Å²) in [5.41, 5.74) is 1.80. The highest BCUT2D eigenvalue weighted by Crippen LogP contribution is 2.06. The van der Waals surface area contributed by atoms with E-state index in [1.54, 1.807) is 6.08 Å². The molecule has 0 saturated heterocycles. The van der Waals surface area contributed by atoms with Crippen LogP contribution < -0.4 is 0 Å². The number of hydrogen-bond acceptors (Lipinski definition) is 3. The first-order valence-corrected chi connectivity index (χ1v) is 4.91. The van der Waals surface area contributed by atoms with E-state index in [4.69, 9.17) is 9.84 Å². The Hall–Kier alpha value is -2.36. The predicted octanol–water partition coefficient (Wildman–Crippen LogP) is 2.01.